The Morgan fingerprint density at radius 2 is 2.00 bits per heavy atom. The molecule has 1 atom stereocenters. The number of nitrogens with zero attached hydrogens (tertiary/aromatic N) is 1. The second-order valence-corrected chi connectivity index (χ2v) is 6.35. The van der Waals surface area contributed by atoms with Crippen LogP contribution in [0.1, 0.15) is 22.7 Å². The molecule has 108 valence electrons. The zero-order valence-electron chi connectivity index (χ0n) is 12.3. The van der Waals surface area contributed by atoms with Crippen LogP contribution in [0.25, 0.3) is 11.0 Å². The van der Waals surface area contributed by atoms with Crippen molar-refractivity contribution in [3.8, 4) is 0 Å². The van der Waals surface area contributed by atoms with Gasteiger partial charge in [-0.05, 0) is 42.7 Å². The lowest BCUT2D eigenvalue weighted by molar-refractivity contribution is 0.820. The van der Waals surface area contributed by atoms with Gasteiger partial charge in [0.1, 0.15) is 0 Å². The van der Waals surface area contributed by atoms with Crippen LogP contribution in [0.4, 0.5) is 0 Å². The van der Waals surface area contributed by atoms with E-state index in [-0.39, 0.29) is 6.04 Å². The molecule has 1 heterocycles. The smallest absolute Gasteiger partial charge is 0.166 e. The van der Waals surface area contributed by atoms with Gasteiger partial charge in [0.25, 0.3) is 0 Å². The Kier molecular flexibility index (Phi) is 3.99. The lowest BCUT2D eigenvalue weighted by atomic mass is 10.0. The quantitative estimate of drug-likeness (QED) is 0.716. The van der Waals surface area contributed by atoms with Crippen LogP contribution in [0.5, 0.6) is 0 Å². The molecular weight excluding hydrogens is 278 g/mol. The van der Waals surface area contributed by atoms with Crippen LogP contribution in [0.15, 0.2) is 47.6 Å². The van der Waals surface area contributed by atoms with E-state index in [2.05, 4.69) is 48.1 Å². The van der Waals surface area contributed by atoms with E-state index < -0.39 is 0 Å². The summed E-state index contributed by atoms with van der Waals surface area (Å²) in [5, 5.41) is 0.930. The van der Waals surface area contributed by atoms with Crippen LogP contribution in [0, 0.1) is 13.8 Å². The molecule has 0 aliphatic heterocycles. The van der Waals surface area contributed by atoms with Gasteiger partial charge in [0, 0.05) is 11.8 Å². The summed E-state index contributed by atoms with van der Waals surface area (Å²) >= 11 is 1.67. The van der Waals surface area contributed by atoms with E-state index in [0.29, 0.717) is 0 Å². The topological polar surface area (TPSA) is 54.7 Å². The minimum Gasteiger partial charge on any atom is -0.333 e. The average molecular weight is 297 g/mol. The molecule has 0 bridgehead atoms. The number of H-pyrrole nitrogens is 1. The van der Waals surface area contributed by atoms with Gasteiger partial charge < -0.3 is 10.7 Å². The first-order valence-electron chi connectivity index (χ1n) is 7.04. The first-order valence-corrected chi connectivity index (χ1v) is 8.02. The zero-order chi connectivity index (χ0) is 14.8. The summed E-state index contributed by atoms with van der Waals surface area (Å²) in [5.41, 5.74) is 12.1. The van der Waals surface area contributed by atoms with Crippen molar-refractivity contribution >= 4 is 22.8 Å². The summed E-state index contributed by atoms with van der Waals surface area (Å²) in [6, 6.07) is 14.5. The number of aromatic amines is 1. The maximum Gasteiger partial charge on any atom is 0.166 e. The number of hydrogen-bond acceptors (Lipinski definition) is 3. The van der Waals surface area contributed by atoms with Crippen LogP contribution in [-0.2, 0) is 0 Å². The van der Waals surface area contributed by atoms with Crippen molar-refractivity contribution in [2.75, 3.05) is 5.75 Å². The van der Waals surface area contributed by atoms with E-state index in [1.54, 1.807) is 11.8 Å². The van der Waals surface area contributed by atoms with Crippen molar-refractivity contribution < 1.29 is 0 Å². The highest BCUT2D eigenvalue weighted by Crippen LogP contribution is 2.25. The molecule has 0 fully saturated rings. The lowest BCUT2D eigenvalue weighted by Gasteiger charge is -2.13. The fourth-order valence-electron chi connectivity index (χ4n) is 2.43. The van der Waals surface area contributed by atoms with Crippen molar-refractivity contribution in [3.05, 3.63) is 59.2 Å². The van der Waals surface area contributed by atoms with Gasteiger partial charge in [0.2, 0.25) is 0 Å². The summed E-state index contributed by atoms with van der Waals surface area (Å²) in [5.74, 6) is 0.809. The molecule has 0 spiro atoms. The normalized spacial score (nSPS) is 12.7. The molecule has 1 unspecified atom stereocenters. The number of nitrogens with one attached hydrogen (secondary N) is 1. The summed E-state index contributed by atoms with van der Waals surface area (Å²) in [6.45, 7) is 4.19. The molecule has 0 amide bonds. The summed E-state index contributed by atoms with van der Waals surface area (Å²) < 4.78 is 0. The Labute approximate surface area is 129 Å². The number of benzene rings is 2. The number of imidazole rings is 1. The van der Waals surface area contributed by atoms with E-state index >= 15 is 0 Å². The van der Waals surface area contributed by atoms with Crippen molar-refractivity contribution in [2.45, 2.75) is 25.0 Å². The molecule has 2 aromatic carbocycles. The second-order valence-electron chi connectivity index (χ2n) is 5.34. The van der Waals surface area contributed by atoms with E-state index in [9.17, 15) is 0 Å². The zero-order valence-corrected chi connectivity index (χ0v) is 13.1. The minimum absolute atomic E-state index is 0.0196. The largest absolute Gasteiger partial charge is 0.333 e. The third-order valence-corrected chi connectivity index (χ3v) is 4.60. The van der Waals surface area contributed by atoms with Crippen LogP contribution >= 0.6 is 11.8 Å². The van der Waals surface area contributed by atoms with Gasteiger partial charge in [-0.1, -0.05) is 42.1 Å². The molecule has 0 aliphatic carbocycles. The molecule has 0 saturated heterocycles. The molecule has 4 heteroatoms. The highest BCUT2D eigenvalue weighted by Gasteiger charge is 2.11. The highest BCUT2D eigenvalue weighted by molar-refractivity contribution is 7.99. The van der Waals surface area contributed by atoms with Gasteiger partial charge in [-0.3, -0.25) is 0 Å². The predicted octanol–water partition coefficient (Wildman–Crippen LogP) is 3.97. The molecule has 3 N–H and O–H groups in total. The molecule has 21 heavy (non-hydrogen) atoms. The number of thioether (sulfide) groups is 1. The van der Waals surface area contributed by atoms with Crippen molar-refractivity contribution in [3.63, 3.8) is 0 Å². The Hall–Kier alpha value is -1.78. The molecule has 0 radical (unpaired) electrons. The van der Waals surface area contributed by atoms with Gasteiger partial charge >= 0.3 is 0 Å². The third kappa shape index (κ3) is 3.12. The molecule has 3 nitrogen and oxygen atoms in total. The Morgan fingerprint density at radius 1 is 1.19 bits per heavy atom. The van der Waals surface area contributed by atoms with Crippen LogP contribution in [-0.4, -0.2) is 15.7 Å². The first kappa shape index (κ1) is 14.2. The number of aryl methyl sites for hydroxylation is 2. The predicted molar refractivity (Wildman–Crippen MR) is 89.7 cm³/mol. The fourth-order valence-corrected chi connectivity index (χ4v) is 3.29. The third-order valence-electron chi connectivity index (χ3n) is 3.60. The highest BCUT2D eigenvalue weighted by atomic mass is 32.2. The number of aromatic nitrogens is 2. The maximum absolute atomic E-state index is 6.30. The Bertz CT molecular complexity index is 764. The fraction of sp³-hybridized carbons (Fsp3) is 0.235. The summed E-state index contributed by atoms with van der Waals surface area (Å²) in [6.07, 6.45) is 0. The van der Waals surface area contributed by atoms with Crippen LogP contribution < -0.4 is 5.73 Å². The van der Waals surface area contributed by atoms with E-state index in [4.69, 9.17) is 5.73 Å². The van der Waals surface area contributed by atoms with E-state index in [0.717, 1.165) is 21.9 Å². The molecule has 3 rings (SSSR count). The Morgan fingerprint density at radius 3 is 2.81 bits per heavy atom. The molecule has 3 aromatic rings. The molecule has 0 aliphatic rings. The second kappa shape index (κ2) is 5.92. The van der Waals surface area contributed by atoms with Crippen LogP contribution in [0.3, 0.4) is 0 Å². The SMILES string of the molecule is Cc1ccc2nc(SCC(N)c3ccccc3C)[nH]c2c1. The van der Waals surface area contributed by atoms with Gasteiger partial charge in [-0.25, -0.2) is 4.98 Å². The Balaban J connectivity index is 1.73. The van der Waals surface area contributed by atoms with Crippen molar-refractivity contribution in [2.24, 2.45) is 5.73 Å². The van der Waals surface area contributed by atoms with Crippen molar-refractivity contribution in [1.82, 2.24) is 9.97 Å². The average Bonchev–Trinajstić information content (AvgIpc) is 2.87. The molecule has 0 saturated carbocycles. The van der Waals surface area contributed by atoms with Crippen molar-refractivity contribution in [1.29, 1.82) is 0 Å². The number of rotatable bonds is 4. The van der Waals surface area contributed by atoms with Gasteiger partial charge in [-0.15, -0.1) is 0 Å². The number of fused-ring (bicyclic) bond motifs is 1. The summed E-state index contributed by atoms with van der Waals surface area (Å²) in [7, 11) is 0. The minimum atomic E-state index is 0.0196. The monoisotopic (exact) mass is 297 g/mol. The lowest BCUT2D eigenvalue weighted by Crippen LogP contribution is -2.14. The van der Waals surface area contributed by atoms with E-state index in [1.165, 1.54) is 16.7 Å². The molecular formula is C17H19N3S. The van der Waals surface area contributed by atoms with Gasteiger partial charge in [-0.2, -0.15) is 0 Å². The summed E-state index contributed by atoms with van der Waals surface area (Å²) in [4.78, 5) is 7.95. The number of nitrogens with two attached hydrogens (primary N) is 1. The number of hydrogen-bond donors (Lipinski definition) is 2. The molecule has 1 aromatic heterocycles. The van der Waals surface area contributed by atoms with Crippen LogP contribution in [0.2, 0.25) is 0 Å². The first-order chi connectivity index (χ1) is 10.1. The van der Waals surface area contributed by atoms with Gasteiger partial charge in [0.15, 0.2) is 5.16 Å². The van der Waals surface area contributed by atoms with E-state index in [1.807, 2.05) is 18.2 Å². The maximum atomic E-state index is 6.30. The standard InChI is InChI=1S/C17H19N3S/c1-11-7-8-15-16(9-11)20-17(19-15)21-10-14(18)13-6-4-3-5-12(13)2/h3-9,14H,10,18H2,1-2H3,(H,19,20). The van der Waals surface area contributed by atoms with Gasteiger partial charge in [0.05, 0.1) is 11.0 Å².